The molecular weight excluding hydrogens is 327 g/mol. The van der Waals surface area contributed by atoms with Crippen molar-refractivity contribution < 1.29 is 4.79 Å². The van der Waals surface area contributed by atoms with Crippen LogP contribution in [0.4, 0.5) is 5.82 Å². The normalized spacial score (nSPS) is 14.9. The average Bonchev–Trinajstić information content (AvgIpc) is 3.13. The van der Waals surface area contributed by atoms with Crippen molar-refractivity contribution in [3.8, 4) is 0 Å². The van der Waals surface area contributed by atoms with E-state index in [4.69, 9.17) is 0 Å². The molecule has 17 heavy (non-hydrogen) atoms. The predicted molar refractivity (Wildman–Crippen MR) is 75.8 cm³/mol. The van der Waals surface area contributed by atoms with Crippen molar-refractivity contribution in [2.75, 3.05) is 5.32 Å². The van der Waals surface area contributed by atoms with Gasteiger partial charge in [-0.05, 0) is 59.0 Å². The number of halogens is 1. The monoisotopic (exact) mass is 338 g/mol. The minimum absolute atomic E-state index is 0.0994. The number of carbonyl (C=O) groups is 1. The molecule has 1 saturated carbocycles. The van der Waals surface area contributed by atoms with Crippen LogP contribution in [0.2, 0.25) is 0 Å². The van der Waals surface area contributed by atoms with Gasteiger partial charge in [-0.1, -0.05) is 6.07 Å². The number of fused-ring (bicyclic) bond motifs is 1. The standard InChI is InChI=1S/C13H11IN2O/c14-11-4-3-9-6-12(15-7-10(9)5-11)16-13(17)8-1-2-8/h3-8H,1-2H2,(H,15,16,17). The summed E-state index contributed by atoms with van der Waals surface area (Å²) in [6.45, 7) is 0. The van der Waals surface area contributed by atoms with Crippen LogP contribution in [0.15, 0.2) is 30.5 Å². The summed E-state index contributed by atoms with van der Waals surface area (Å²) in [5.41, 5.74) is 0. The van der Waals surface area contributed by atoms with Gasteiger partial charge in [0.1, 0.15) is 5.82 Å². The lowest BCUT2D eigenvalue weighted by atomic mass is 10.2. The van der Waals surface area contributed by atoms with Crippen LogP contribution in [-0.2, 0) is 4.79 Å². The third-order valence-electron chi connectivity index (χ3n) is 2.88. The van der Waals surface area contributed by atoms with E-state index in [1.54, 1.807) is 6.20 Å². The Morgan fingerprint density at radius 2 is 2.12 bits per heavy atom. The molecule has 1 aromatic carbocycles. The number of hydrogen-bond donors (Lipinski definition) is 1. The largest absolute Gasteiger partial charge is 0.310 e. The Morgan fingerprint density at radius 1 is 1.29 bits per heavy atom. The van der Waals surface area contributed by atoms with Gasteiger partial charge in [0, 0.05) is 21.1 Å². The van der Waals surface area contributed by atoms with Crippen molar-refractivity contribution >= 4 is 45.1 Å². The van der Waals surface area contributed by atoms with Crippen molar-refractivity contribution in [3.63, 3.8) is 0 Å². The van der Waals surface area contributed by atoms with E-state index in [1.165, 1.54) is 3.57 Å². The van der Waals surface area contributed by atoms with Gasteiger partial charge >= 0.3 is 0 Å². The van der Waals surface area contributed by atoms with E-state index >= 15 is 0 Å². The minimum atomic E-state index is 0.0994. The number of aromatic nitrogens is 1. The highest BCUT2D eigenvalue weighted by Gasteiger charge is 2.29. The fourth-order valence-electron chi connectivity index (χ4n) is 1.75. The van der Waals surface area contributed by atoms with Gasteiger partial charge in [-0.2, -0.15) is 0 Å². The minimum Gasteiger partial charge on any atom is -0.310 e. The molecule has 3 rings (SSSR count). The molecule has 0 aliphatic heterocycles. The Labute approximate surface area is 113 Å². The lowest BCUT2D eigenvalue weighted by Crippen LogP contribution is -2.14. The van der Waals surface area contributed by atoms with Gasteiger partial charge in [0.25, 0.3) is 0 Å². The second kappa shape index (κ2) is 4.25. The molecule has 1 fully saturated rings. The highest BCUT2D eigenvalue weighted by molar-refractivity contribution is 14.1. The first-order chi connectivity index (χ1) is 8.22. The lowest BCUT2D eigenvalue weighted by Gasteiger charge is -2.05. The number of pyridine rings is 1. The molecule has 1 heterocycles. The predicted octanol–water partition coefficient (Wildman–Crippen LogP) is 3.19. The summed E-state index contributed by atoms with van der Waals surface area (Å²) in [5.74, 6) is 0.960. The molecule has 86 valence electrons. The van der Waals surface area contributed by atoms with E-state index in [0.717, 1.165) is 23.6 Å². The Morgan fingerprint density at radius 3 is 2.88 bits per heavy atom. The van der Waals surface area contributed by atoms with E-state index in [2.05, 4.69) is 45.0 Å². The van der Waals surface area contributed by atoms with Gasteiger partial charge in [0.2, 0.25) is 5.91 Å². The van der Waals surface area contributed by atoms with Gasteiger partial charge in [-0.3, -0.25) is 4.79 Å². The summed E-state index contributed by atoms with van der Waals surface area (Å²) < 4.78 is 1.19. The van der Waals surface area contributed by atoms with E-state index < -0.39 is 0 Å². The van der Waals surface area contributed by atoms with Crippen LogP contribution in [0.25, 0.3) is 10.8 Å². The summed E-state index contributed by atoms with van der Waals surface area (Å²) in [6, 6.07) is 8.10. The molecule has 0 spiro atoms. The van der Waals surface area contributed by atoms with Crippen LogP contribution in [0.5, 0.6) is 0 Å². The number of nitrogens with one attached hydrogen (secondary N) is 1. The maximum Gasteiger partial charge on any atom is 0.228 e. The lowest BCUT2D eigenvalue weighted by molar-refractivity contribution is -0.117. The third-order valence-corrected chi connectivity index (χ3v) is 3.55. The van der Waals surface area contributed by atoms with Gasteiger partial charge in [0.15, 0.2) is 0 Å². The second-order valence-corrected chi connectivity index (χ2v) is 5.57. The molecule has 1 aliphatic rings. The van der Waals surface area contributed by atoms with Gasteiger partial charge in [0.05, 0.1) is 0 Å². The number of rotatable bonds is 2. The Kier molecular flexibility index (Phi) is 2.74. The smallest absolute Gasteiger partial charge is 0.228 e. The van der Waals surface area contributed by atoms with Gasteiger partial charge in [-0.25, -0.2) is 4.98 Å². The van der Waals surface area contributed by atoms with Crippen molar-refractivity contribution in [1.82, 2.24) is 4.98 Å². The van der Waals surface area contributed by atoms with E-state index in [1.807, 2.05) is 12.1 Å². The van der Waals surface area contributed by atoms with Crippen molar-refractivity contribution in [2.45, 2.75) is 12.8 Å². The quantitative estimate of drug-likeness (QED) is 0.855. The number of carbonyl (C=O) groups excluding carboxylic acids is 1. The van der Waals surface area contributed by atoms with Crippen LogP contribution in [0.3, 0.4) is 0 Å². The number of anilines is 1. The molecule has 0 radical (unpaired) electrons. The molecular formula is C13H11IN2O. The first-order valence-electron chi connectivity index (χ1n) is 5.58. The van der Waals surface area contributed by atoms with E-state index in [0.29, 0.717) is 5.82 Å². The molecule has 0 unspecified atom stereocenters. The Bertz CT molecular complexity index is 593. The number of amides is 1. The molecule has 0 bridgehead atoms. The molecule has 2 aromatic rings. The summed E-state index contributed by atoms with van der Waals surface area (Å²) in [6.07, 6.45) is 3.83. The molecule has 1 aromatic heterocycles. The fourth-order valence-corrected chi connectivity index (χ4v) is 2.27. The van der Waals surface area contributed by atoms with Crippen LogP contribution >= 0.6 is 22.6 Å². The Balaban J connectivity index is 1.90. The molecule has 0 saturated heterocycles. The first-order valence-corrected chi connectivity index (χ1v) is 6.66. The molecule has 4 heteroatoms. The molecule has 1 N–H and O–H groups in total. The van der Waals surface area contributed by atoms with Crippen molar-refractivity contribution in [2.24, 2.45) is 5.92 Å². The van der Waals surface area contributed by atoms with Gasteiger partial charge < -0.3 is 5.32 Å². The summed E-state index contributed by atoms with van der Waals surface area (Å²) in [4.78, 5) is 15.9. The number of hydrogen-bond acceptors (Lipinski definition) is 2. The zero-order valence-electron chi connectivity index (χ0n) is 9.11. The van der Waals surface area contributed by atoms with Crippen LogP contribution in [0.1, 0.15) is 12.8 Å². The zero-order chi connectivity index (χ0) is 11.8. The third kappa shape index (κ3) is 2.41. The average molecular weight is 338 g/mol. The zero-order valence-corrected chi connectivity index (χ0v) is 11.3. The van der Waals surface area contributed by atoms with Gasteiger partial charge in [-0.15, -0.1) is 0 Å². The fraction of sp³-hybridized carbons (Fsp3) is 0.231. The molecule has 1 aliphatic carbocycles. The topological polar surface area (TPSA) is 42.0 Å². The van der Waals surface area contributed by atoms with Crippen molar-refractivity contribution in [3.05, 3.63) is 34.0 Å². The molecule has 3 nitrogen and oxygen atoms in total. The Hall–Kier alpha value is -1.17. The van der Waals surface area contributed by atoms with Crippen LogP contribution < -0.4 is 5.32 Å². The van der Waals surface area contributed by atoms with Crippen molar-refractivity contribution in [1.29, 1.82) is 0 Å². The second-order valence-electron chi connectivity index (χ2n) is 4.32. The van der Waals surface area contributed by atoms with E-state index in [9.17, 15) is 4.79 Å². The number of benzene rings is 1. The molecule has 1 amide bonds. The highest BCUT2D eigenvalue weighted by atomic mass is 127. The number of nitrogens with zero attached hydrogens (tertiary/aromatic N) is 1. The molecule has 0 atom stereocenters. The summed E-state index contributed by atoms with van der Waals surface area (Å²) in [7, 11) is 0. The van der Waals surface area contributed by atoms with Crippen LogP contribution in [0, 0.1) is 9.49 Å². The first kappa shape index (κ1) is 11.0. The maximum absolute atomic E-state index is 11.6. The SMILES string of the molecule is O=C(Nc1cc2ccc(I)cc2cn1)C1CC1. The van der Waals surface area contributed by atoms with E-state index in [-0.39, 0.29) is 11.8 Å². The summed E-state index contributed by atoms with van der Waals surface area (Å²) >= 11 is 2.28. The summed E-state index contributed by atoms with van der Waals surface area (Å²) in [5, 5.41) is 5.06. The highest BCUT2D eigenvalue weighted by Crippen LogP contribution is 2.30. The maximum atomic E-state index is 11.6. The van der Waals surface area contributed by atoms with Crippen LogP contribution in [-0.4, -0.2) is 10.9 Å².